The summed E-state index contributed by atoms with van der Waals surface area (Å²) in [7, 11) is -3.62. The Kier molecular flexibility index (Phi) is 10.5. The normalized spacial score (nSPS) is 15.9. The van der Waals surface area contributed by atoms with E-state index in [1.54, 1.807) is 20.8 Å². The molecular formula is C9H22B2O8. The largest absolute Gasteiger partial charge is 0.634 e. The first-order valence-electron chi connectivity index (χ1n) is 6.03. The van der Waals surface area contributed by atoms with Crippen molar-refractivity contribution in [3.63, 3.8) is 0 Å². The van der Waals surface area contributed by atoms with Crippen LogP contribution in [0.15, 0.2) is 0 Å². The van der Waals surface area contributed by atoms with Crippen LogP contribution in [0.3, 0.4) is 0 Å². The van der Waals surface area contributed by atoms with Gasteiger partial charge in [0.1, 0.15) is 0 Å². The summed E-state index contributed by atoms with van der Waals surface area (Å²) in [5.41, 5.74) is 0. The van der Waals surface area contributed by atoms with Gasteiger partial charge in [0.25, 0.3) is 0 Å². The van der Waals surface area contributed by atoms with Gasteiger partial charge < -0.3 is 38.9 Å². The Balaban J connectivity index is 3.60. The lowest BCUT2D eigenvalue weighted by Crippen LogP contribution is -2.31. The Bertz CT molecular complexity index is 218. The molecule has 112 valence electrons. The minimum Gasteiger partial charge on any atom is -0.402 e. The molecule has 4 N–H and O–H groups in total. The monoisotopic (exact) mass is 280 g/mol. The molecule has 0 heterocycles. The molecule has 0 aromatic rings. The summed E-state index contributed by atoms with van der Waals surface area (Å²) in [6.45, 7) is 5.70. The minimum absolute atomic E-state index is 0.0562. The van der Waals surface area contributed by atoms with Gasteiger partial charge in [-0.1, -0.05) is 0 Å². The molecule has 10 heteroatoms. The van der Waals surface area contributed by atoms with Gasteiger partial charge in [0, 0.05) is 0 Å². The highest BCUT2D eigenvalue weighted by atomic mass is 16.6. The summed E-state index contributed by atoms with van der Waals surface area (Å²) in [5.74, 6) is 0. The fraction of sp³-hybridized carbons (Fsp3) is 1.00. The quantitative estimate of drug-likeness (QED) is 0.326. The van der Waals surface area contributed by atoms with Crippen molar-refractivity contribution in [2.45, 2.75) is 39.1 Å². The highest BCUT2D eigenvalue weighted by molar-refractivity contribution is 6.32. The van der Waals surface area contributed by atoms with E-state index in [0.717, 1.165) is 0 Å². The van der Waals surface area contributed by atoms with E-state index in [4.69, 9.17) is 29.6 Å². The first-order chi connectivity index (χ1) is 8.81. The molecule has 0 saturated carbocycles. The lowest BCUT2D eigenvalue weighted by molar-refractivity contribution is -0.0636. The molecule has 0 fully saturated rings. The van der Waals surface area contributed by atoms with Gasteiger partial charge in [-0.2, -0.15) is 0 Å². The van der Waals surface area contributed by atoms with Crippen molar-refractivity contribution in [2.24, 2.45) is 0 Å². The predicted molar refractivity (Wildman–Crippen MR) is 67.7 cm³/mol. The Morgan fingerprint density at radius 1 is 0.737 bits per heavy atom. The lowest BCUT2D eigenvalue weighted by Gasteiger charge is -2.20. The van der Waals surface area contributed by atoms with E-state index in [-0.39, 0.29) is 25.4 Å². The molecule has 3 unspecified atom stereocenters. The maximum Gasteiger partial charge on any atom is 0.634 e. The maximum atomic E-state index is 8.57. The first kappa shape index (κ1) is 18.8. The van der Waals surface area contributed by atoms with Crippen LogP contribution in [0.25, 0.3) is 0 Å². The van der Waals surface area contributed by atoms with Crippen molar-refractivity contribution in [3.05, 3.63) is 0 Å². The van der Waals surface area contributed by atoms with Gasteiger partial charge in [0.2, 0.25) is 0 Å². The van der Waals surface area contributed by atoms with Crippen LogP contribution in [-0.4, -0.2) is 72.9 Å². The van der Waals surface area contributed by atoms with Crippen LogP contribution in [0.5, 0.6) is 0 Å². The van der Waals surface area contributed by atoms with Gasteiger partial charge in [-0.25, -0.2) is 0 Å². The molecule has 0 rings (SSSR count). The van der Waals surface area contributed by atoms with E-state index in [1.807, 2.05) is 0 Å². The summed E-state index contributed by atoms with van der Waals surface area (Å²) < 4.78 is 19.9. The molecular weight excluding hydrogens is 258 g/mol. The fourth-order valence-electron chi connectivity index (χ4n) is 1.16. The third-order valence-corrected chi connectivity index (χ3v) is 2.06. The van der Waals surface area contributed by atoms with E-state index in [1.165, 1.54) is 0 Å². The van der Waals surface area contributed by atoms with E-state index in [0.29, 0.717) is 6.61 Å². The Labute approximate surface area is 113 Å². The van der Waals surface area contributed by atoms with E-state index >= 15 is 0 Å². The van der Waals surface area contributed by atoms with Gasteiger partial charge >= 0.3 is 14.6 Å². The standard InChI is InChI=1S/C9H22B2O8/c1-7(17-5-9(3)19-11(14)15)4-16-8(2)6-18-10(12)13/h7-9,12-15H,4-6H2,1-3H3. The zero-order chi connectivity index (χ0) is 14.8. The molecule has 0 aliphatic rings. The molecule has 0 aliphatic heterocycles. The zero-order valence-electron chi connectivity index (χ0n) is 11.4. The van der Waals surface area contributed by atoms with Crippen molar-refractivity contribution in [3.8, 4) is 0 Å². The number of hydrogen-bond acceptors (Lipinski definition) is 8. The van der Waals surface area contributed by atoms with Crippen LogP contribution in [0, 0.1) is 0 Å². The van der Waals surface area contributed by atoms with Crippen LogP contribution in [0.2, 0.25) is 0 Å². The molecule has 0 aliphatic carbocycles. The molecule has 0 spiro atoms. The highest BCUT2D eigenvalue weighted by Gasteiger charge is 2.16. The van der Waals surface area contributed by atoms with E-state index < -0.39 is 20.7 Å². The second kappa shape index (κ2) is 10.6. The van der Waals surface area contributed by atoms with Crippen molar-refractivity contribution < 1.29 is 38.9 Å². The third-order valence-electron chi connectivity index (χ3n) is 2.06. The van der Waals surface area contributed by atoms with Gasteiger partial charge in [0.05, 0.1) is 38.1 Å². The van der Waals surface area contributed by atoms with Crippen molar-refractivity contribution in [1.29, 1.82) is 0 Å². The molecule has 19 heavy (non-hydrogen) atoms. The van der Waals surface area contributed by atoms with Crippen molar-refractivity contribution in [1.82, 2.24) is 0 Å². The van der Waals surface area contributed by atoms with Crippen LogP contribution < -0.4 is 0 Å². The second-order valence-electron chi connectivity index (χ2n) is 4.22. The van der Waals surface area contributed by atoms with Gasteiger partial charge in [-0.05, 0) is 20.8 Å². The van der Waals surface area contributed by atoms with Crippen molar-refractivity contribution in [2.75, 3.05) is 19.8 Å². The van der Waals surface area contributed by atoms with Crippen LogP contribution in [-0.2, 0) is 18.8 Å². The van der Waals surface area contributed by atoms with Gasteiger partial charge in [-0.15, -0.1) is 0 Å². The van der Waals surface area contributed by atoms with Crippen LogP contribution in [0.1, 0.15) is 20.8 Å². The number of hydrogen-bond donors (Lipinski definition) is 4. The Morgan fingerprint density at radius 3 is 1.68 bits per heavy atom. The molecule has 0 saturated heterocycles. The predicted octanol–water partition coefficient (Wildman–Crippen LogP) is -1.84. The summed E-state index contributed by atoms with van der Waals surface area (Å²) in [4.78, 5) is 0. The lowest BCUT2D eigenvalue weighted by atomic mass is 10.2. The molecule has 0 aromatic heterocycles. The zero-order valence-corrected chi connectivity index (χ0v) is 11.4. The van der Waals surface area contributed by atoms with Gasteiger partial charge in [-0.3, -0.25) is 0 Å². The Hall–Kier alpha value is -0.190. The third kappa shape index (κ3) is 12.6. The molecule has 0 radical (unpaired) electrons. The van der Waals surface area contributed by atoms with E-state index in [2.05, 4.69) is 9.31 Å². The highest BCUT2D eigenvalue weighted by Crippen LogP contribution is 2.00. The molecule has 3 atom stereocenters. The average molecular weight is 280 g/mol. The fourth-order valence-corrected chi connectivity index (χ4v) is 1.16. The SMILES string of the molecule is CC(COB(O)O)OCC(C)OCC(C)OB(O)O. The van der Waals surface area contributed by atoms with Crippen LogP contribution in [0.4, 0.5) is 0 Å². The minimum atomic E-state index is -1.81. The smallest absolute Gasteiger partial charge is 0.402 e. The van der Waals surface area contributed by atoms with Crippen LogP contribution >= 0.6 is 0 Å². The first-order valence-corrected chi connectivity index (χ1v) is 6.03. The van der Waals surface area contributed by atoms with Gasteiger partial charge in [0.15, 0.2) is 0 Å². The molecule has 0 aromatic carbocycles. The molecule has 0 bridgehead atoms. The summed E-state index contributed by atoms with van der Waals surface area (Å²) in [6, 6.07) is 0. The van der Waals surface area contributed by atoms with Crippen molar-refractivity contribution >= 4 is 14.6 Å². The second-order valence-corrected chi connectivity index (χ2v) is 4.22. The average Bonchev–Trinajstić information content (AvgIpc) is 2.30. The topological polar surface area (TPSA) is 118 Å². The summed E-state index contributed by atoms with van der Waals surface area (Å²) in [6.07, 6.45) is -0.975. The molecule has 8 nitrogen and oxygen atoms in total. The number of rotatable bonds is 11. The summed E-state index contributed by atoms with van der Waals surface area (Å²) >= 11 is 0. The number of ether oxygens (including phenoxy) is 2. The Morgan fingerprint density at radius 2 is 1.21 bits per heavy atom. The maximum absolute atomic E-state index is 8.57. The van der Waals surface area contributed by atoms with E-state index in [9.17, 15) is 0 Å². The summed E-state index contributed by atoms with van der Waals surface area (Å²) in [5, 5.41) is 34.1. The molecule has 0 amide bonds.